The molecule has 2 fully saturated rings. The van der Waals surface area contributed by atoms with Gasteiger partial charge in [0.15, 0.2) is 0 Å². The number of phenolic OH excluding ortho intramolecular Hbond substituents is 1. The topological polar surface area (TPSA) is 40.5 Å². The fraction of sp³-hybridized carbons (Fsp3) is 0.700. The summed E-state index contributed by atoms with van der Waals surface area (Å²) < 4.78 is 0. The Morgan fingerprint density at radius 3 is 2.77 bits per heavy atom. The van der Waals surface area contributed by atoms with Crippen molar-refractivity contribution < 1.29 is 10.2 Å². The van der Waals surface area contributed by atoms with E-state index < -0.39 is 0 Å². The molecule has 3 aliphatic rings. The van der Waals surface area contributed by atoms with Gasteiger partial charge in [-0.1, -0.05) is 13.0 Å². The van der Waals surface area contributed by atoms with Crippen molar-refractivity contribution in [2.24, 2.45) is 17.3 Å². The monoisotopic (exact) mass is 300 g/mol. The average Bonchev–Trinajstić information content (AvgIpc) is 2.88. The van der Waals surface area contributed by atoms with Gasteiger partial charge in [0.25, 0.3) is 0 Å². The Balaban J connectivity index is 1.76. The quantitative estimate of drug-likeness (QED) is 0.811. The average molecular weight is 300 g/mol. The van der Waals surface area contributed by atoms with E-state index in [-0.39, 0.29) is 11.5 Å². The normalized spacial score (nSPS) is 40.0. The van der Waals surface area contributed by atoms with Crippen LogP contribution in [0.3, 0.4) is 0 Å². The van der Waals surface area contributed by atoms with Crippen molar-refractivity contribution in [3.05, 3.63) is 28.8 Å². The zero-order chi connectivity index (χ0) is 15.5. The highest BCUT2D eigenvalue weighted by molar-refractivity contribution is 5.48. The number of aliphatic hydroxyl groups is 1. The van der Waals surface area contributed by atoms with Crippen molar-refractivity contribution in [1.82, 2.24) is 0 Å². The predicted molar refractivity (Wildman–Crippen MR) is 88.1 cm³/mol. The van der Waals surface area contributed by atoms with Crippen LogP contribution in [0.25, 0.3) is 0 Å². The van der Waals surface area contributed by atoms with Crippen molar-refractivity contribution in [1.29, 1.82) is 0 Å². The number of aromatic hydroxyl groups is 1. The molecule has 4 rings (SSSR count). The second-order valence-electron chi connectivity index (χ2n) is 7.93. The Kier molecular flexibility index (Phi) is 3.30. The molecule has 0 bridgehead atoms. The summed E-state index contributed by atoms with van der Waals surface area (Å²) in [6.07, 6.45) is 7.76. The number of hydrogen-bond acceptors (Lipinski definition) is 2. The van der Waals surface area contributed by atoms with Crippen molar-refractivity contribution in [3.63, 3.8) is 0 Å². The number of aryl methyl sites for hydroxylation is 1. The second kappa shape index (κ2) is 4.99. The van der Waals surface area contributed by atoms with Crippen molar-refractivity contribution in [2.75, 3.05) is 0 Å². The maximum Gasteiger partial charge on any atom is 0.119 e. The van der Waals surface area contributed by atoms with Crippen LogP contribution >= 0.6 is 0 Å². The third-order valence-corrected chi connectivity index (χ3v) is 7.43. The fourth-order valence-corrected chi connectivity index (χ4v) is 6.32. The Hall–Kier alpha value is -1.02. The number of aliphatic hydroxyl groups excluding tert-OH is 1. The molecule has 0 heterocycles. The lowest BCUT2D eigenvalue weighted by Gasteiger charge is -2.51. The molecule has 0 unspecified atom stereocenters. The lowest BCUT2D eigenvalue weighted by Crippen LogP contribution is -2.45. The first-order valence-corrected chi connectivity index (χ1v) is 9.08. The molecule has 5 atom stereocenters. The molecule has 2 nitrogen and oxygen atoms in total. The van der Waals surface area contributed by atoms with Crippen LogP contribution in [-0.2, 0) is 6.42 Å². The highest BCUT2D eigenvalue weighted by Crippen LogP contribution is 2.63. The molecule has 2 heteroatoms. The first kappa shape index (κ1) is 14.6. The van der Waals surface area contributed by atoms with Gasteiger partial charge in [-0.05, 0) is 92.2 Å². The van der Waals surface area contributed by atoms with E-state index >= 15 is 0 Å². The van der Waals surface area contributed by atoms with Crippen LogP contribution in [-0.4, -0.2) is 16.3 Å². The lowest BCUT2D eigenvalue weighted by atomic mass is 9.54. The highest BCUT2D eigenvalue weighted by Gasteiger charge is 2.56. The van der Waals surface area contributed by atoms with Crippen LogP contribution in [0.5, 0.6) is 5.75 Å². The van der Waals surface area contributed by atoms with Gasteiger partial charge in [0.05, 0.1) is 6.10 Å². The maximum atomic E-state index is 10.6. The predicted octanol–water partition coefficient (Wildman–Crippen LogP) is 4.31. The first-order chi connectivity index (χ1) is 10.6. The van der Waals surface area contributed by atoms with E-state index in [9.17, 15) is 10.2 Å². The molecule has 2 N–H and O–H groups in total. The fourth-order valence-electron chi connectivity index (χ4n) is 6.32. The smallest absolute Gasteiger partial charge is 0.119 e. The second-order valence-corrected chi connectivity index (χ2v) is 7.93. The zero-order valence-electron chi connectivity index (χ0n) is 13.8. The van der Waals surface area contributed by atoms with E-state index in [0.29, 0.717) is 23.5 Å². The van der Waals surface area contributed by atoms with Crippen LogP contribution in [0, 0.1) is 24.2 Å². The maximum absolute atomic E-state index is 10.6. The largest absolute Gasteiger partial charge is 0.508 e. The Bertz CT molecular complexity index is 594. The number of rotatable bonds is 1. The van der Waals surface area contributed by atoms with E-state index in [0.717, 1.165) is 32.1 Å². The minimum atomic E-state index is -0.101. The van der Waals surface area contributed by atoms with E-state index in [4.69, 9.17) is 0 Å². The van der Waals surface area contributed by atoms with E-state index in [1.54, 1.807) is 0 Å². The van der Waals surface area contributed by atoms with Gasteiger partial charge in [0.2, 0.25) is 0 Å². The van der Waals surface area contributed by atoms with Crippen molar-refractivity contribution in [2.45, 2.75) is 70.8 Å². The van der Waals surface area contributed by atoms with Crippen LogP contribution in [0.4, 0.5) is 0 Å². The summed E-state index contributed by atoms with van der Waals surface area (Å²) in [4.78, 5) is 0. The van der Waals surface area contributed by atoms with Crippen LogP contribution in [0.2, 0.25) is 0 Å². The molecular formula is C20H28O2. The van der Waals surface area contributed by atoms with Crippen molar-refractivity contribution in [3.8, 4) is 5.75 Å². The van der Waals surface area contributed by atoms with Crippen LogP contribution in [0.1, 0.15) is 68.1 Å². The highest BCUT2D eigenvalue weighted by atomic mass is 16.3. The molecule has 3 aliphatic carbocycles. The van der Waals surface area contributed by atoms with Crippen molar-refractivity contribution >= 4 is 0 Å². The first-order valence-electron chi connectivity index (χ1n) is 9.08. The van der Waals surface area contributed by atoms with Gasteiger partial charge in [-0.2, -0.15) is 0 Å². The Labute approximate surface area is 133 Å². The summed E-state index contributed by atoms with van der Waals surface area (Å²) in [6, 6.07) is 3.95. The van der Waals surface area contributed by atoms with E-state index in [2.05, 4.69) is 19.9 Å². The molecule has 22 heavy (non-hydrogen) atoms. The number of hydrogen-bond donors (Lipinski definition) is 2. The van der Waals surface area contributed by atoms with Crippen LogP contribution < -0.4 is 0 Å². The van der Waals surface area contributed by atoms with E-state index in [1.165, 1.54) is 29.5 Å². The lowest BCUT2D eigenvalue weighted by molar-refractivity contribution is -0.0397. The third kappa shape index (κ3) is 1.76. The standard InChI is InChI=1S/C20H28O2/c1-3-20-11-10-15-14(16(20)7-9-18(20)22)6-5-13-12(2)4-8-17(21)19(13)15/h4,8,14-16,18,21-22H,3,5-7,9-11H2,1-2H3/t14-,15+,16+,18+,20+/m1/s1. The molecule has 0 aliphatic heterocycles. The summed E-state index contributed by atoms with van der Waals surface area (Å²) in [5.41, 5.74) is 4.16. The van der Waals surface area contributed by atoms with E-state index in [1.807, 2.05) is 6.07 Å². The third-order valence-electron chi connectivity index (χ3n) is 7.43. The molecule has 1 aromatic carbocycles. The molecule has 1 aromatic rings. The molecule has 120 valence electrons. The van der Waals surface area contributed by atoms with Gasteiger partial charge >= 0.3 is 0 Å². The summed E-state index contributed by atoms with van der Waals surface area (Å²) in [5, 5.41) is 21.1. The summed E-state index contributed by atoms with van der Waals surface area (Å²) in [5.74, 6) is 2.34. The number of benzene rings is 1. The Morgan fingerprint density at radius 1 is 1.18 bits per heavy atom. The SMILES string of the molecule is CC[C@]12CC[C@@H]3c4c(O)ccc(C)c4CC[C@H]3[C@@H]1CC[C@@H]2O. The number of phenols is 1. The summed E-state index contributed by atoms with van der Waals surface area (Å²) in [6.45, 7) is 4.44. The molecular weight excluding hydrogens is 272 g/mol. The zero-order valence-corrected chi connectivity index (χ0v) is 13.8. The minimum Gasteiger partial charge on any atom is -0.508 e. The van der Waals surface area contributed by atoms with Gasteiger partial charge in [-0.15, -0.1) is 0 Å². The van der Waals surface area contributed by atoms with Gasteiger partial charge in [0.1, 0.15) is 5.75 Å². The van der Waals surface area contributed by atoms with Crippen LogP contribution in [0.15, 0.2) is 12.1 Å². The summed E-state index contributed by atoms with van der Waals surface area (Å²) in [7, 11) is 0. The molecule has 0 aromatic heterocycles. The van der Waals surface area contributed by atoms with Gasteiger partial charge < -0.3 is 10.2 Å². The number of fused-ring (bicyclic) bond motifs is 5. The van der Waals surface area contributed by atoms with Gasteiger partial charge in [-0.3, -0.25) is 0 Å². The summed E-state index contributed by atoms with van der Waals surface area (Å²) >= 11 is 0. The minimum absolute atomic E-state index is 0.101. The molecule has 0 radical (unpaired) electrons. The Morgan fingerprint density at radius 2 is 2.00 bits per heavy atom. The van der Waals surface area contributed by atoms with Gasteiger partial charge in [-0.25, -0.2) is 0 Å². The molecule has 0 saturated heterocycles. The van der Waals surface area contributed by atoms with Gasteiger partial charge in [0, 0.05) is 5.56 Å². The molecule has 0 spiro atoms. The molecule has 2 saturated carbocycles. The molecule has 0 amide bonds.